The third-order valence-electron chi connectivity index (χ3n) is 4.13. The molecule has 0 N–H and O–H groups in total. The minimum Gasteiger partial charge on any atom is -0.376 e. The van der Waals surface area contributed by atoms with Crippen molar-refractivity contribution in [3.05, 3.63) is 54.4 Å². The van der Waals surface area contributed by atoms with Crippen LogP contribution in [0.2, 0.25) is 0 Å². The summed E-state index contributed by atoms with van der Waals surface area (Å²) in [4.78, 5) is 25.5. The van der Waals surface area contributed by atoms with Gasteiger partial charge in [-0.2, -0.15) is 0 Å². The van der Waals surface area contributed by atoms with Crippen LogP contribution >= 0.6 is 0 Å². The molecule has 8 heteroatoms. The first-order valence-corrected chi connectivity index (χ1v) is 7.96. The van der Waals surface area contributed by atoms with Gasteiger partial charge in [-0.15, -0.1) is 0 Å². The van der Waals surface area contributed by atoms with Gasteiger partial charge in [0.15, 0.2) is 0 Å². The highest BCUT2D eigenvalue weighted by atomic mass is 19.3. The van der Waals surface area contributed by atoms with Crippen molar-refractivity contribution in [3.8, 4) is 0 Å². The fourth-order valence-corrected chi connectivity index (χ4v) is 2.71. The maximum Gasteiger partial charge on any atom is 0.274 e. The summed E-state index contributed by atoms with van der Waals surface area (Å²) in [5.41, 5.74) is 0.969. The molecule has 1 fully saturated rings. The van der Waals surface area contributed by atoms with E-state index in [1.54, 1.807) is 18.5 Å². The molecule has 0 aliphatic carbocycles. The van der Waals surface area contributed by atoms with Crippen molar-refractivity contribution < 1.29 is 18.3 Å². The second-order valence-corrected chi connectivity index (χ2v) is 5.93. The lowest BCUT2D eigenvalue weighted by Crippen LogP contribution is -2.51. The molecule has 1 aliphatic heterocycles. The Balaban J connectivity index is 1.60. The van der Waals surface area contributed by atoms with Crippen LogP contribution in [0.1, 0.15) is 22.5 Å². The van der Waals surface area contributed by atoms with Crippen molar-refractivity contribution in [2.24, 2.45) is 5.92 Å². The van der Waals surface area contributed by atoms with Crippen LogP contribution in [0, 0.1) is 5.92 Å². The average Bonchev–Trinajstić information content (AvgIpc) is 2.64. The van der Waals surface area contributed by atoms with Crippen LogP contribution in [0.3, 0.4) is 0 Å². The van der Waals surface area contributed by atoms with Crippen LogP contribution in [0.4, 0.5) is 8.78 Å². The Hall–Kier alpha value is -2.48. The van der Waals surface area contributed by atoms with Crippen molar-refractivity contribution in [2.75, 3.05) is 19.7 Å². The van der Waals surface area contributed by atoms with E-state index in [0.29, 0.717) is 0 Å². The Morgan fingerprint density at radius 3 is 2.84 bits per heavy atom. The molecular formula is C17H18F2N4O2. The largest absolute Gasteiger partial charge is 0.376 e. The van der Waals surface area contributed by atoms with E-state index in [9.17, 15) is 13.6 Å². The predicted molar refractivity (Wildman–Crippen MR) is 84.9 cm³/mol. The number of carbonyl (C=O) groups is 1. The van der Waals surface area contributed by atoms with Crippen LogP contribution in [-0.4, -0.2) is 51.4 Å². The molecule has 1 amide bonds. The van der Waals surface area contributed by atoms with Crippen LogP contribution in [0.25, 0.3) is 0 Å². The molecule has 132 valence electrons. The highest BCUT2D eigenvalue weighted by molar-refractivity contribution is 5.92. The molecule has 0 spiro atoms. The number of likely N-dealkylation sites (tertiary alicyclic amines) is 1. The van der Waals surface area contributed by atoms with Gasteiger partial charge in [0.2, 0.25) is 0 Å². The number of ether oxygens (including phenoxy) is 1. The quantitative estimate of drug-likeness (QED) is 0.828. The molecular weight excluding hydrogens is 330 g/mol. The molecule has 6 nitrogen and oxygen atoms in total. The summed E-state index contributed by atoms with van der Waals surface area (Å²) in [5, 5.41) is 0. The number of hydrogen-bond acceptors (Lipinski definition) is 5. The van der Waals surface area contributed by atoms with Crippen molar-refractivity contribution in [1.82, 2.24) is 19.9 Å². The van der Waals surface area contributed by atoms with E-state index >= 15 is 0 Å². The van der Waals surface area contributed by atoms with Crippen LogP contribution < -0.4 is 0 Å². The van der Waals surface area contributed by atoms with E-state index in [4.69, 9.17) is 4.74 Å². The van der Waals surface area contributed by atoms with E-state index < -0.39 is 11.8 Å². The number of halogens is 2. The van der Waals surface area contributed by atoms with Crippen molar-refractivity contribution >= 4 is 5.91 Å². The Bertz CT molecular complexity index is 700. The molecule has 3 heterocycles. The summed E-state index contributed by atoms with van der Waals surface area (Å²) >= 11 is 0. The molecule has 2 aromatic heterocycles. The van der Waals surface area contributed by atoms with Crippen molar-refractivity contribution in [3.63, 3.8) is 0 Å². The number of carbonyl (C=O) groups excluding carboxylic acids is 1. The van der Waals surface area contributed by atoms with E-state index in [0.717, 1.165) is 5.56 Å². The molecule has 2 aromatic rings. The number of aromatic nitrogens is 3. The fraction of sp³-hybridized carbons (Fsp3) is 0.412. The van der Waals surface area contributed by atoms with Gasteiger partial charge >= 0.3 is 0 Å². The molecule has 1 aliphatic rings. The van der Waals surface area contributed by atoms with Gasteiger partial charge in [0.1, 0.15) is 5.69 Å². The number of alkyl halides is 2. The van der Waals surface area contributed by atoms with E-state index in [1.165, 1.54) is 23.5 Å². The first kappa shape index (κ1) is 17.3. The highest BCUT2D eigenvalue weighted by Gasteiger charge is 2.45. The van der Waals surface area contributed by atoms with Gasteiger partial charge in [0.05, 0.1) is 25.3 Å². The zero-order valence-electron chi connectivity index (χ0n) is 13.5. The molecule has 0 saturated carbocycles. The number of hydrogen-bond donors (Lipinski definition) is 0. The summed E-state index contributed by atoms with van der Waals surface area (Å²) in [7, 11) is 0. The van der Waals surface area contributed by atoms with Gasteiger partial charge in [-0.1, -0.05) is 6.07 Å². The minimum atomic E-state index is -2.87. The molecule has 0 aromatic carbocycles. The summed E-state index contributed by atoms with van der Waals surface area (Å²) < 4.78 is 33.8. The lowest BCUT2D eigenvalue weighted by atomic mass is 9.94. The van der Waals surface area contributed by atoms with Gasteiger partial charge < -0.3 is 9.64 Å². The van der Waals surface area contributed by atoms with Gasteiger partial charge in [-0.3, -0.25) is 14.8 Å². The summed E-state index contributed by atoms with van der Waals surface area (Å²) in [6, 6.07) is 3.57. The van der Waals surface area contributed by atoms with Crippen LogP contribution in [-0.2, 0) is 11.3 Å². The minimum absolute atomic E-state index is 0.0124. The first-order valence-electron chi connectivity index (χ1n) is 7.96. The second-order valence-electron chi connectivity index (χ2n) is 5.93. The van der Waals surface area contributed by atoms with Crippen LogP contribution in [0.5, 0.6) is 0 Å². The van der Waals surface area contributed by atoms with Crippen LogP contribution in [0.15, 0.2) is 43.1 Å². The third kappa shape index (κ3) is 4.33. The Kier molecular flexibility index (Phi) is 5.28. The third-order valence-corrected chi connectivity index (χ3v) is 4.13. The topological polar surface area (TPSA) is 68.2 Å². The Labute approximate surface area is 143 Å². The van der Waals surface area contributed by atoms with Gasteiger partial charge in [-0.25, -0.2) is 13.8 Å². The molecule has 3 rings (SSSR count). The fourth-order valence-electron chi connectivity index (χ4n) is 2.71. The molecule has 1 atom stereocenters. The number of nitrogens with zero attached hydrogens (tertiary/aromatic N) is 4. The lowest BCUT2D eigenvalue weighted by Gasteiger charge is -2.38. The lowest BCUT2D eigenvalue weighted by molar-refractivity contribution is -0.124. The Morgan fingerprint density at radius 1 is 1.28 bits per heavy atom. The zero-order chi connectivity index (χ0) is 17.7. The maximum atomic E-state index is 14.2. The summed E-state index contributed by atoms with van der Waals surface area (Å²) in [6.07, 6.45) is 7.07. The average molecular weight is 348 g/mol. The van der Waals surface area contributed by atoms with Gasteiger partial charge in [0.25, 0.3) is 11.8 Å². The van der Waals surface area contributed by atoms with E-state index in [2.05, 4.69) is 15.0 Å². The Morgan fingerprint density at radius 2 is 2.12 bits per heavy atom. The van der Waals surface area contributed by atoms with E-state index in [1.807, 2.05) is 6.07 Å². The molecule has 1 unspecified atom stereocenters. The first-order chi connectivity index (χ1) is 12.1. The predicted octanol–water partition coefficient (Wildman–Crippen LogP) is 2.19. The van der Waals surface area contributed by atoms with Gasteiger partial charge in [-0.05, 0) is 11.6 Å². The molecule has 25 heavy (non-hydrogen) atoms. The monoisotopic (exact) mass is 348 g/mol. The normalized spacial score (nSPS) is 19.6. The number of pyridine rings is 1. The zero-order valence-corrected chi connectivity index (χ0v) is 13.5. The number of piperidine rings is 1. The number of rotatable bonds is 5. The molecule has 1 saturated heterocycles. The highest BCUT2D eigenvalue weighted by Crippen LogP contribution is 2.34. The number of amides is 1. The molecule has 0 radical (unpaired) electrons. The maximum absolute atomic E-state index is 14.2. The van der Waals surface area contributed by atoms with E-state index in [-0.39, 0.29) is 44.3 Å². The standard InChI is InChI=1S/C17H18F2N4O2/c18-17(19)3-7-23(16(24)15-9-21-5-6-22-15)10-14(17)12-25-11-13-2-1-4-20-8-13/h1-2,4-6,8-9,14H,3,7,10-12H2. The molecule has 0 bridgehead atoms. The smallest absolute Gasteiger partial charge is 0.274 e. The van der Waals surface area contributed by atoms with Crippen molar-refractivity contribution in [1.29, 1.82) is 0 Å². The summed E-state index contributed by atoms with van der Waals surface area (Å²) in [6.45, 7) is -0.0123. The SMILES string of the molecule is O=C(c1cnccn1)N1CCC(F)(F)C(COCc2cccnc2)C1. The van der Waals surface area contributed by atoms with Crippen molar-refractivity contribution in [2.45, 2.75) is 19.0 Å². The second kappa shape index (κ2) is 7.60. The summed E-state index contributed by atoms with van der Waals surface area (Å²) in [5.74, 6) is -4.31. The van der Waals surface area contributed by atoms with Gasteiger partial charge in [0, 0.05) is 44.3 Å².